The van der Waals surface area contributed by atoms with E-state index >= 15 is 0 Å². The van der Waals surface area contributed by atoms with E-state index < -0.39 is 0 Å². The van der Waals surface area contributed by atoms with Gasteiger partial charge in [0.05, 0.1) is 6.61 Å². The van der Waals surface area contributed by atoms with Crippen LogP contribution in [0.1, 0.15) is 5.56 Å². The van der Waals surface area contributed by atoms with Crippen molar-refractivity contribution in [3.05, 3.63) is 54.1 Å². The first-order chi connectivity index (χ1) is 7.79. The Kier molecular flexibility index (Phi) is 3.08. The summed E-state index contributed by atoms with van der Waals surface area (Å²) in [4.78, 5) is 0. The number of aliphatic hydroxyl groups is 1. The predicted octanol–water partition coefficient (Wildman–Crippen LogP) is 2.68. The zero-order chi connectivity index (χ0) is 11.4. The summed E-state index contributed by atoms with van der Waals surface area (Å²) >= 11 is 0. The number of benzene rings is 2. The van der Waals surface area contributed by atoms with Crippen LogP contribution in [0.2, 0.25) is 0 Å². The van der Waals surface area contributed by atoms with Crippen molar-refractivity contribution in [3.63, 3.8) is 0 Å². The van der Waals surface area contributed by atoms with Gasteiger partial charge in [-0.05, 0) is 30.3 Å². The van der Waals surface area contributed by atoms with Crippen molar-refractivity contribution in [2.45, 2.75) is 6.61 Å². The molecule has 0 atom stereocenters. The molecule has 0 aromatic heterocycles. The van der Waals surface area contributed by atoms with Crippen LogP contribution in [0, 0.1) is 0 Å². The third-order valence-electron chi connectivity index (χ3n) is 2.20. The monoisotopic (exact) mass is 216 g/mol. The van der Waals surface area contributed by atoms with E-state index in [0.717, 1.165) is 5.75 Å². The van der Waals surface area contributed by atoms with Crippen LogP contribution in [-0.4, -0.2) is 10.2 Å². The van der Waals surface area contributed by atoms with E-state index in [2.05, 4.69) is 0 Å². The number of hydrogen-bond donors (Lipinski definition) is 2. The molecule has 0 aliphatic rings. The third kappa shape index (κ3) is 2.32. The van der Waals surface area contributed by atoms with Crippen molar-refractivity contribution < 1.29 is 14.9 Å². The number of aliphatic hydroxyl groups excluding tert-OH is 1. The van der Waals surface area contributed by atoms with Crippen LogP contribution >= 0.6 is 0 Å². The molecule has 3 heteroatoms. The van der Waals surface area contributed by atoms with Crippen LogP contribution in [0.25, 0.3) is 0 Å². The van der Waals surface area contributed by atoms with Gasteiger partial charge >= 0.3 is 0 Å². The van der Waals surface area contributed by atoms with Crippen molar-refractivity contribution in [1.82, 2.24) is 0 Å². The van der Waals surface area contributed by atoms with Gasteiger partial charge in [0.25, 0.3) is 0 Å². The summed E-state index contributed by atoms with van der Waals surface area (Å²) in [5.74, 6) is 1.38. The normalized spacial score (nSPS) is 10.1. The van der Waals surface area contributed by atoms with Crippen molar-refractivity contribution in [2.24, 2.45) is 0 Å². The lowest BCUT2D eigenvalue weighted by atomic mass is 10.2. The Labute approximate surface area is 93.6 Å². The summed E-state index contributed by atoms with van der Waals surface area (Å²) < 4.78 is 5.55. The smallest absolute Gasteiger partial charge is 0.128 e. The molecule has 0 spiro atoms. The number of rotatable bonds is 3. The van der Waals surface area contributed by atoms with Gasteiger partial charge in [-0.2, -0.15) is 0 Å². The van der Waals surface area contributed by atoms with E-state index in [1.165, 1.54) is 6.07 Å². The SMILES string of the molecule is OCc1cc(Oc2ccccc2)ccc1O. The minimum Gasteiger partial charge on any atom is -0.508 e. The van der Waals surface area contributed by atoms with Crippen molar-refractivity contribution in [3.8, 4) is 17.2 Å². The van der Waals surface area contributed by atoms with Crippen molar-refractivity contribution >= 4 is 0 Å². The molecule has 3 nitrogen and oxygen atoms in total. The minimum atomic E-state index is -0.210. The van der Waals surface area contributed by atoms with E-state index in [-0.39, 0.29) is 12.4 Å². The molecule has 0 unspecified atom stereocenters. The van der Waals surface area contributed by atoms with Gasteiger partial charge in [-0.1, -0.05) is 18.2 Å². The van der Waals surface area contributed by atoms with E-state index in [1.807, 2.05) is 30.3 Å². The van der Waals surface area contributed by atoms with Crippen LogP contribution in [0.15, 0.2) is 48.5 Å². The van der Waals surface area contributed by atoms with E-state index in [1.54, 1.807) is 12.1 Å². The minimum absolute atomic E-state index is 0.0721. The quantitative estimate of drug-likeness (QED) is 0.829. The van der Waals surface area contributed by atoms with Gasteiger partial charge in [-0.15, -0.1) is 0 Å². The number of aromatic hydroxyl groups is 1. The summed E-state index contributed by atoms with van der Waals surface area (Å²) in [6.07, 6.45) is 0. The Balaban J connectivity index is 2.22. The highest BCUT2D eigenvalue weighted by Gasteiger charge is 2.03. The molecule has 0 bridgehead atoms. The molecule has 0 aliphatic heterocycles. The Morgan fingerprint density at radius 3 is 2.38 bits per heavy atom. The highest BCUT2D eigenvalue weighted by Crippen LogP contribution is 2.26. The highest BCUT2D eigenvalue weighted by atomic mass is 16.5. The molecule has 2 N–H and O–H groups in total. The fourth-order valence-corrected chi connectivity index (χ4v) is 1.38. The molecule has 2 aromatic rings. The molecule has 0 amide bonds. The zero-order valence-electron chi connectivity index (χ0n) is 8.63. The first kappa shape index (κ1) is 10.5. The maximum Gasteiger partial charge on any atom is 0.128 e. The molecular formula is C13H12O3. The van der Waals surface area contributed by atoms with Gasteiger partial charge in [0.15, 0.2) is 0 Å². The summed E-state index contributed by atoms with van der Waals surface area (Å²) in [5, 5.41) is 18.4. The average Bonchev–Trinajstić information content (AvgIpc) is 2.33. The first-order valence-corrected chi connectivity index (χ1v) is 4.95. The van der Waals surface area contributed by atoms with Crippen LogP contribution in [0.3, 0.4) is 0 Å². The topological polar surface area (TPSA) is 49.7 Å². The van der Waals surface area contributed by atoms with Crippen molar-refractivity contribution in [2.75, 3.05) is 0 Å². The standard InChI is InChI=1S/C13H12O3/c14-9-10-8-12(6-7-13(10)15)16-11-4-2-1-3-5-11/h1-8,14-15H,9H2. The third-order valence-corrected chi connectivity index (χ3v) is 2.20. The fraction of sp³-hybridized carbons (Fsp3) is 0.0769. The molecule has 0 saturated carbocycles. The van der Waals surface area contributed by atoms with Crippen LogP contribution < -0.4 is 4.74 Å². The summed E-state index contributed by atoms with van der Waals surface area (Å²) in [6, 6.07) is 14.1. The van der Waals surface area contributed by atoms with Gasteiger partial charge in [-0.25, -0.2) is 0 Å². The Bertz CT molecular complexity index is 466. The van der Waals surface area contributed by atoms with Gasteiger partial charge in [0.1, 0.15) is 17.2 Å². The largest absolute Gasteiger partial charge is 0.508 e. The average molecular weight is 216 g/mol. The van der Waals surface area contributed by atoms with Gasteiger partial charge in [-0.3, -0.25) is 0 Å². The van der Waals surface area contributed by atoms with E-state index in [0.29, 0.717) is 11.3 Å². The lowest BCUT2D eigenvalue weighted by Gasteiger charge is -2.07. The molecule has 82 valence electrons. The lowest BCUT2D eigenvalue weighted by molar-refractivity contribution is 0.275. The molecule has 0 aliphatic carbocycles. The van der Waals surface area contributed by atoms with Crippen LogP contribution in [-0.2, 0) is 6.61 Å². The fourth-order valence-electron chi connectivity index (χ4n) is 1.38. The van der Waals surface area contributed by atoms with Crippen LogP contribution in [0.5, 0.6) is 17.2 Å². The summed E-state index contributed by atoms with van der Waals surface area (Å²) in [6.45, 7) is -0.210. The maximum absolute atomic E-state index is 9.39. The molecule has 0 fully saturated rings. The molecule has 2 rings (SSSR count). The Morgan fingerprint density at radius 1 is 0.938 bits per heavy atom. The number of phenols is 1. The lowest BCUT2D eigenvalue weighted by Crippen LogP contribution is -1.88. The second-order valence-corrected chi connectivity index (χ2v) is 3.36. The van der Waals surface area contributed by atoms with E-state index in [4.69, 9.17) is 9.84 Å². The molecular weight excluding hydrogens is 204 g/mol. The second-order valence-electron chi connectivity index (χ2n) is 3.36. The number of hydrogen-bond acceptors (Lipinski definition) is 3. The van der Waals surface area contributed by atoms with Gasteiger partial charge < -0.3 is 14.9 Å². The number of ether oxygens (including phenoxy) is 1. The van der Waals surface area contributed by atoms with E-state index in [9.17, 15) is 5.11 Å². The molecule has 0 heterocycles. The zero-order valence-corrected chi connectivity index (χ0v) is 8.63. The van der Waals surface area contributed by atoms with Gasteiger partial charge in [0.2, 0.25) is 0 Å². The predicted molar refractivity (Wildman–Crippen MR) is 60.5 cm³/mol. The Hall–Kier alpha value is -2.00. The molecule has 0 saturated heterocycles. The second kappa shape index (κ2) is 4.68. The molecule has 16 heavy (non-hydrogen) atoms. The van der Waals surface area contributed by atoms with Crippen molar-refractivity contribution in [1.29, 1.82) is 0 Å². The summed E-state index contributed by atoms with van der Waals surface area (Å²) in [5.41, 5.74) is 0.452. The summed E-state index contributed by atoms with van der Waals surface area (Å²) in [7, 11) is 0. The van der Waals surface area contributed by atoms with Crippen LogP contribution in [0.4, 0.5) is 0 Å². The number of para-hydroxylation sites is 1. The maximum atomic E-state index is 9.39. The Morgan fingerprint density at radius 2 is 1.69 bits per heavy atom. The highest BCUT2D eigenvalue weighted by molar-refractivity contribution is 5.40. The molecule has 2 aromatic carbocycles. The molecule has 0 radical (unpaired) electrons. The van der Waals surface area contributed by atoms with Gasteiger partial charge in [0, 0.05) is 5.56 Å². The first-order valence-electron chi connectivity index (χ1n) is 4.95.